The van der Waals surface area contributed by atoms with Gasteiger partial charge in [-0.15, -0.1) is 0 Å². The largest absolute Gasteiger partial charge is 0.507 e. The number of carbonyl (C=O) groups is 1. The molecule has 0 saturated heterocycles. The van der Waals surface area contributed by atoms with Crippen LogP contribution >= 0.6 is 0 Å². The standard InChI is InChI=1S/C15H16O3/c1-10(17)14-9-11(5-4-8-16)15(18)13-7-3-2-6-12(13)14/h2-3,6-7,9,16,18H,4-5,8H2,1H3. The van der Waals surface area contributed by atoms with Crippen molar-refractivity contribution in [3.63, 3.8) is 0 Å². The Hall–Kier alpha value is -1.87. The van der Waals surface area contributed by atoms with Gasteiger partial charge in [0.25, 0.3) is 0 Å². The van der Waals surface area contributed by atoms with Crippen molar-refractivity contribution in [2.75, 3.05) is 6.61 Å². The molecule has 0 fully saturated rings. The average molecular weight is 244 g/mol. The third-order valence-corrected chi connectivity index (χ3v) is 3.08. The minimum absolute atomic E-state index is 0.0172. The Morgan fingerprint density at radius 3 is 2.50 bits per heavy atom. The van der Waals surface area contributed by atoms with Gasteiger partial charge in [0.2, 0.25) is 0 Å². The molecule has 0 aliphatic carbocycles. The number of phenols is 1. The van der Waals surface area contributed by atoms with Crippen molar-refractivity contribution in [2.24, 2.45) is 0 Å². The monoisotopic (exact) mass is 244 g/mol. The molecule has 0 heterocycles. The molecule has 18 heavy (non-hydrogen) atoms. The summed E-state index contributed by atoms with van der Waals surface area (Å²) in [5, 5.41) is 20.5. The summed E-state index contributed by atoms with van der Waals surface area (Å²) in [5.41, 5.74) is 1.34. The van der Waals surface area contributed by atoms with Gasteiger partial charge in [-0.05, 0) is 36.8 Å². The molecule has 0 unspecified atom stereocenters. The fourth-order valence-corrected chi connectivity index (χ4v) is 2.17. The highest BCUT2D eigenvalue weighted by Crippen LogP contribution is 2.32. The van der Waals surface area contributed by atoms with Crippen LogP contribution in [-0.2, 0) is 6.42 Å². The molecule has 0 aromatic heterocycles. The van der Waals surface area contributed by atoms with Gasteiger partial charge in [0.1, 0.15) is 5.75 Å². The summed E-state index contributed by atoms with van der Waals surface area (Å²) in [6.07, 6.45) is 1.14. The van der Waals surface area contributed by atoms with Crippen LogP contribution in [0.4, 0.5) is 0 Å². The zero-order valence-corrected chi connectivity index (χ0v) is 10.3. The van der Waals surface area contributed by atoms with Crippen molar-refractivity contribution in [1.29, 1.82) is 0 Å². The second kappa shape index (κ2) is 5.19. The van der Waals surface area contributed by atoms with Gasteiger partial charge >= 0.3 is 0 Å². The Morgan fingerprint density at radius 2 is 1.89 bits per heavy atom. The van der Waals surface area contributed by atoms with E-state index in [2.05, 4.69) is 0 Å². The Bertz CT molecular complexity index is 588. The van der Waals surface area contributed by atoms with E-state index in [4.69, 9.17) is 5.11 Å². The van der Waals surface area contributed by atoms with Gasteiger partial charge in [-0.1, -0.05) is 24.3 Å². The normalized spacial score (nSPS) is 10.8. The molecule has 0 radical (unpaired) electrons. The van der Waals surface area contributed by atoms with E-state index in [1.807, 2.05) is 18.2 Å². The number of aromatic hydroxyl groups is 1. The molecule has 3 nitrogen and oxygen atoms in total. The number of carbonyl (C=O) groups excluding carboxylic acids is 1. The van der Waals surface area contributed by atoms with Crippen LogP contribution in [0.2, 0.25) is 0 Å². The number of Topliss-reactive ketones (excluding diaryl/α,β-unsaturated/α-hetero) is 1. The van der Waals surface area contributed by atoms with E-state index < -0.39 is 0 Å². The molecule has 2 aromatic rings. The lowest BCUT2D eigenvalue weighted by Crippen LogP contribution is -1.98. The molecular formula is C15H16O3. The molecule has 0 bridgehead atoms. The summed E-state index contributed by atoms with van der Waals surface area (Å²) >= 11 is 0. The lowest BCUT2D eigenvalue weighted by Gasteiger charge is -2.11. The zero-order chi connectivity index (χ0) is 13.1. The van der Waals surface area contributed by atoms with Crippen LogP contribution in [-0.4, -0.2) is 22.6 Å². The smallest absolute Gasteiger partial charge is 0.160 e. The van der Waals surface area contributed by atoms with Gasteiger partial charge in [0, 0.05) is 17.6 Å². The first kappa shape index (κ1) is 12.6. The van der Waals surface area contributed by atoms with Crippen LogP contribution in [0.1, 0.15) is 29.3 Å². The Morgan fingerprint density at radius 1 is 1.22 bits per heavy atom. The fourth-order valence-electron chi connectivity index (χ4n) is 2.17. The first-order valence-corrected chi connectivity index (χ1v) is 6.00. The molecule has 0 aliphatic rings. The number of hydrogen-bond donors (Lipinski definition) is 2. The number of phenolic OH excluding ortho intramolecular Hbond substituents is 1. The lowest BCUT2D eigenvalue weighted by molar-refractivity contribution is 0.101. The third kappa shape index (κ3) is 2.22. The van der Waals surface area contributed by atoms with Crippen molar-refractivity contribution >= 4 is 16.6 Å². The number of fused-ring (bicyclic) bond motifs is 1. The Balaban J connectivity index is 2.67. The third-order valence-electron chi connectivity index (χ3n) is 3.08. The topological polar surface area (TPSA) is 57.5 Å². The minimum atomic E-state index is -0.0172. The summed E-state index contributed by atoms with van der Waals surface area (Å²) in [5.74, 6) is 0.195. The number of benzene rings is 2. The summed E-state index contributed by atoms with van der Waals surface area (Å²) in [7, 11) is 0. The van der Waals surface area contributed by atoms with Crippen molar-refractivity contribution in [1.82, 2.24) is 0 Å². The molecular weight excluding hydrogens is 228 g/mol. The molecule has 0 amide bonds. The molecule has 2 aromatic carbocycles. The van der Waals surface area contributed by atoms with Crippen LogP contribution in [0.25, 0.3) is 10.8 Å². The van der Waals surface area contributed by atoms with E-state index in [1.54, 1.807) is 12.1 Å². The van der Waals surface area contributed by atoms with Gasteiger partial charge in [0.05, 0.1) is 0 Å². The van der Waals surface area contributed by atoms with Gasteiger partial charge in [-0.2, -0.15) is 0 Å². The van der Waals surface area contributed by atoms with E-state index in [0.717, 1.165) is 5.39 Å². The van der Waals surface area contributed by atoms with Crippen molar-refractivity contribution in [2.45, 2.75) is 19.8 Å². The highest BCUT2D eigenvalue weighted by atomic mass is 16.3. The highest BCUT2D eigenvalue weighted by Gasteiger charge is 2.13. The predicted octanol–water partition coefficient (Wildman–Crippen LogP) is 2.67. The van der Waals surface area contributed by atoms with Gasteiger partial charge in [-0.25, -0.2) is 0 Å². The number of ketones is 1. The number of aliphatic hydroxyl groups is 1. The highest BCUT2D eigenvalue weighted by molar-refractivity contribution is 6.09. The predicted molar refractivity (Wildman–Crippen MR) is 71.0 cm³/mol. The molecule has 0 aliphatic heterocycles. The SMILES string of the molecule is CC(=O)c1cc(CCCO)c(O)c2ccccc12. The van der Waals surface area contributed by atoms with E-state index in [0.29, 0.717) is 29.4 Å². The molecule has 0 saturated carbocycles. The second-order valence-electron chi connectivity index (χ2n) is 4.36. The van der Waals surface area contributed by atoms with E-state index >= 15 is 0 Å². The van der Waals surface area contributed by atoms with Crippen molar-refractivity contribution in [3.8, 4) is 5.75 Å². The van der Waals surface area contributed by atoms with E-state index in [-0.39, 0.29) is 18.1 Å². The maximum Gasteiger partial charge on any atom is 0.160 e. The van der Waals surface area contributed by atoms with E-state index in [1.165, 1.54) is 6.92 Å². The number of hydrogen-bond acceptors (Lipinski definition) is 3. The van der Waals surface area contributed by atoms with Gasteiger partial charge in [-0.3, -0.25) is 4.79 Å². The van der Waals surface area contributed by atoms with Crippen LogP contribution in [0.3, 0.4) is 0 Å². The Labute approximate surface area is 106 Å². The van der Waals surface area contributed by atoms with Crippen LogP contribution in [0.15, 0.2) is 30.3 Å². The Kier molecular flexibility index (Phi) is 3.63. The molecule has 0 spiro atoms. The lowest BCUT2D eigenvalue weighted by atomic mass is 9.95. The summed E-state index contributed by atoms with van der Waals surface area (Å²) in [6, 6.07) is 9.06. The maximum atomic E-state index is 11.7. The first-order chi connectivity index (χ1) is 8.65. The summed E-state index contributed by atoms with van der Waals surface area (Å²) < 4.78 is 0. The van der Waals surface area contributed by atoms with Gasteiger partial charge in [0.15, 0.2) is 5.78 Å². The maximum absolute atomic E-state index is 11.7. The van der Waals surface area contributed by atoms with Crippen molar-refractivity contribution < 1.29 is 15.0 Å². The average Bonchev–Trinajstić information content (AvgIpc) is 2.38. The summed E-state index contributed by atoms with van der Waals surface area (Å²) in [4.78, 5) is 11.7. The van der Waals surface area contributed by atoms with Crippen LogP contribution in [0, 0.1) is 0 Å². The molecule has 3 heteroatoms. The number of rotatable bonds is 4. The molecule has 2 rings (SSSR count). The van der Waals surface area contributed by atoms with Crippen molar-refractivity contribution in [3.05, 3.63) is 41.5 Å². The summed E-state index contributed by atoms with van der Waals surface area (Å²) in [6.45, 7) is 1.59. The zero-order valence-electron chi connectivity index (χ0n) is 10.3. The fraction of sp³-hybridized carbons (Fsp3) is 0.267. The molecule has 0 atom stereocenters. The van der Waals surface area contributed by atoms with Crippen LogP contribution in [0.5, 0.6) is 5.75 Å². The second-order valence-corrected chi connectivity index (χ2v) is 4.36. The quantitative estimate of drug-likeness (QED) is 0.813. The molecule has 94 valence electrons. The number of aryl methyl sites for hydroxylation is 1. The number of aliphatic hydroxyl groups excluding tert-OH is 1. The van der Waals surface area contributed by atoms with Crippen LogP contribution < -0.4 is 0 Å². The first-order valence-electron chi connectivity index (χ1n) is 6.00. The van der Waals surface area contributed by atoms with E-state index in [9.17, 15) is 9.90 Å². The van der Waals surface area contributed by atoms with Gasteiger partial charge < -0.3 is 10.2 Å². The molecule has 2 N–H and O–H groups in total. The minimum Gasteiger partial charge on any atom is -0.507 e.